The molecule has 3 nitrogen and oxygen atoms in total. The summed E-state index contributed by atoms with van der Waals surface area (Å²) in [6.45, 7) is 1.41. The summed E-state index contributed by atoms with van der Waals surface area (Å²) >= 11 is 0. The van der Waals surface area contributed by atoms with Crippen molar-refractivity contribution in [3.05, 3.63) is 0 Å². The van der Waals surface area contributed by atoms with Gasteiger partial charge in [0.1, 0.15) is 0 Å². The minimum atomic E-state index is -0.207. The van der Waals surface area contributed by atoms with Crippen molar-refractivity contribution < 1.29 is 14.2 Å². The maximum atomic E-state index is 5.51. The highest BCUT2D eigenvalue weighted by molar-refractivity contribution is 4.66. The molecule has 0 aromatic carbocycles. The Morgan fingerprint density at radius 1 is 1.15 bits per heavy atom. The van der Waals surface area contributed by atoms with Gasteiger partial charge >= 0.3 is 0 Å². The summed E-state index contributed by atoms with van der Waals surface area (Å²) in [5.41, 5.74) is 0. The van der Waals surface area contributed by atoms with Gasteiger partial charge in [-0.25, -0.2) is 0 Å². The van der Waals surface area contributed by atoms with Crippen LogP contribution in [0.25, 0.3) is 0 Å². The maximum Gasteiger partial charge on any atom is 0.180 e. The van der Waals surface area contributed by atoms with E-state index in [4.69, 9.17) is 14.2 Å². The molecule has 3 heteroatoms. The van der Waals surface area contributed by atoms with E-state index in [-0.39, 0.29) is 6.29 Å². The van der Waals surface area contributed by atoms with Crippen molar-refractivity contribution in [2.75, 3.05) is 27.4 Å². The monoisotopic (exact) mass is 188 g/mol. The topological polar surface area (TPSA) is 27.7 Å². The fourth-order valence-electron chi connectivity index (χ4n) is 1.74. The molecule has 0 heterocycles. The van der Waals surface area contributed by atoms with Gasteiger partial charge in [0.05, 0.1) is 6.61 Å². The summed E-state index contributed by atoms with van der Waals surface area (Å²) in [4.78, 5) is 0. The lowest BCUT2D eigenvalue weighted by molar-refractivity contribution is -0.142. The molecule has 78 valence electrons. The van der Waals surface area contributed by atoms with Crippen LogP contribution in [0, 0.1) is 5.92 Å². The van der Waals surface area contributed by atoms with Crippen LogP contribution in [-0.2, 0) is 14.2 Å². The Kier molecular flexibility index (Phi) is 5.35. The second kappa shape index (κ2) is 6.35. The zero-order valence-electron chi connectivity index (χ0n) is 8.62. The fourth-order valence-corrected chi connectivity index (χ4v) is 1.74. The Morgan fingerprint density at radius 3 is 2.31 bits per heavy atom. The Balaban J connectivity index is 1.98. The third kappa shape index (κ3) is 4.07. The minimum Gasteiger partial charge on any atom is -0.376 e. The molecule has 0 saturated heterocycles. The third-order valence-electron chi connectivity index (χ3n) is 2.61. The Hall–Kier alpha value is -0.120. The summed E-state index contributed by atoms with van der Waals surface area (Å²) < 4.78 is 15.5. The van der Waals surface area contributed by atoms with Crippen molar-refractivity contribution in [2.45, 2.75) is 32.0 Å². The summed E-state index contributed by atoms with van der Waals surface area (Å²) in [5, 5.41) is 0. The van der Waals surface area contributed by atoms with Gasteiger partial charge < -0.3 is 14.2 Å². The van der Waals surface area contributed by atoms with E-state index in [0.29, 0.717) is 6.61 Å². The molecular weight excluding hydrogens is 168 g/mol. The molecule has 1 aliphatic rings. The van der Waals surface area contributed by atoms with Gasteiger partial charge in [-0.3, -0.25) is 0 Å². The lowest BCUT2D eigenvalue weighted by Gasteiger charge is -2.15. The molecule has 13 heavy (non-hydrogen) atoms. The predicted octanol–water partition coefficient (Wildman–Crippen LogP) is 1.81. The van der Waals surface area contributed by atoms with Crippen LogP contribution in [0.15, 0.2) is 0 Å². The van der Waals surface area contributed by atoms with Gasteiger partial charge in [-0.2, -0.15) is 0 Å². The first kappa shape index (κ1) is 11.0. The van der Waals surface area contributed by atoms with Crippen LogP contribution >= 0.6 is 0 Å². The van der Waals surface area contributed by atoms with E-state index >= 15 is 0 Å². The van der Waals surface area contributed by atoms with E-state index in [9.17, 15) is 0 Å². The molecule has 0 bridgehead atoms. The lowest BCUT2D eigenvalue weighted by Crippen LogP contribution is -2.21. The molecule has 0 amide bonds. The molecule has 0 aromatic rings. The van der Waals surface area contributed by atoms with Gasteiger partial charge in [0.25, 0.3) is 0 Å². The number of hydrogen-bond acceptors (Lipinski definition) is 3. The minimum absolute atomic E-state index is 0.207. The van der Waals surface area contributed by atoms with Crippen LogP contribution in [-0.4, -0.2) is 33.7 Å². The number of hydrogen-bond donors (Lipinski definition) is 0. The molecule has 1 saturated carbocycles. The van der Waals surface area contributed by atoms with Crippen molar-refractivity contribution in [2.24, 2.45) is 5.92 Å². The zero-order chi connectivity index (χ0) is 9.52. The van der Waals surface area contributed by atoms with Gasteiger partial charge in [-0.15, -0.1) is 0 Å². The Bertz CT molecular complexity index is 115. The number of methoxy groups -OCH3 is 2. The van der Waals surface area contributed by atoms with Gasteiger partial charge in [0.15, 0.2) is 6.29 Å². The number of rotatable bonds is 6. The van der Waals surface area contributed by atoms with Crippen LogP contribution in [0.4, 0.5) is 0 Å². The normalized spacial score (nSPS) is 18.7. The van der Waals surface area contributed by atoms with Crippen molar-refractivity contribution in [3.63, 3.8) is 0 Å². The zero-order valence-corrected chi connectivity index (χ0v) is 8.62. The molecule has 0 aromatic heterocycles. The van der Waals surface area contributed by atoms with Crippen LogP contribution in [0.5, 0.6) is 0 Å². The molecule has 1 rings (SSSR count). The predicted molar refractivity (Wildman–Crippen MR) is 50.6 cm³/mol. The second-order valence-corrected chi connectivity index (χ2v) is 3.59. The molecule has 0 aliphatic heterocycles. The van der Waals surface area contributed by atoms with E-state index in [0.717, 1.165) is 12.5 Å². The first-order chi connectivity index (χ1) is 6.36. The maximum absolute atomic E-state index is 5.51. The standard InChI is InChI=1S/C10H20O3/c1-11-10(12-2)8-13-7-9-5-3-4-6-9/h9-10H,3-8H2,1-2H3. The van der Waals surface area contributed by atoms with Crippen LogP contribution in [0.2, 0.25) is 0 Å². The average molecular weight is 188 g/mol. The molecule has 0 N–H and O–H groups in total. The average Bonchev–Trinajstić information content (AvgIpc) is 2.65. The van der Waals surface area contributed by atoms with Crippen molar-refractivity contribution >= 4 is 0 Å². The van der Waals surface area contributed by atoms with Crippen molar-refractivity contribution in [1.82, 2.24) is 0 Å². The van der Waals surface area contributed by atoms with Crippen molar-refractivity contribution in [3.8, 4) is 0 Å². The highest BCUT2D eigenvalue weighted by Gasteiger charge is 2.15. The van der Waals surface area contributed by atoms with Gasteiger partial charge in [0.2, 0.25) is 0 Å². The third-order valence-corrected chi connectivity index (χ3v) is 2.61. The molecule has 0 radical (unpaired) electrons. The van der Waals surface area contributed by atoms with Gasteiger partial charge in [-0.05, 0) is 18.8 Å². The molecule has 1 aliphatic carbocycles. The molecule has 0 unspecified atom stereocenters. The Labute approximate surface area is 80.4 Å². The summed E-state index contributed by atoms with van der Waals surface area (Å²) in [6, 6.07) is 0. The lowest BCUT2D eigenvalue weighted by atomic mass is 10.1. The fraction of sp³-hybridized carbons (Fsp3) is 1.00. The van der Waals surface area contributed by atoms with E-state index in [1.165, 1.54) is 25.7 Å². The van der Waals surface area contributed by atoms with Crippen molar-refractivity contribution in [1.29, 1.82) is 0 Å². The molecular formula is C10H20O3. The summed E-state index contributed by atoms with van der Waals surface area (Å²) in [5.74, 6) is 0.773. The van der Waals surface area contributed by atoms with E-state index < -0.39 is 0 Å². The first-order valence-corrected chi connectivity index (χ1v) is 5.00. The van der Waals surface area contributed by atoms with Crippen LogP contribution < -0.4 is 0 Å². The molecule has 1 fully saturated rings. The second-order valence-electron chi connectivity index (χ2n) is 3.59. The van der Waals surface area contributed by atoms with Crippen LogP contribution in [0.1, 0.15) is 25.7 Å². The quantitative estimate of drug-likeness (QED) is 0.595. The highest BCUT2D eigenvalue weighted by Crippen LogP contribution is 2.24. The largest absolute Gasteiger partial charge is 0.376 e. The molecule has 0 atom stereocenters. The first-order valence-electron chi connectivity index (χ1n) is 5.00. The van der Waals surface area contributed by atoms with Gasteiger partial charge in [-0.1, -0.05) is 12.8 Å². The highest BCUT2D eigenvalue weighted by atomic mass is 16.7. The summed E-state index contributed by atoms with van der Waals surface area (Å²) in [6.07, 6.45) is 5.18. The molecule has 0 spiro atoms. The van der Waals surface area contributed by atoms with E-state index in [2.05, 4.69) is 0 Å². The SMILES string of the molecule is COC(COCC1CCCC1)OC. The van der Waals surface area contributed by atoms with E-state index in [1.54, 1.807) is 14.2 Å². The summed E-state index contributed by atoms with van der Waals surface area (Å²) in [7, 11) is 3.26. The number of ether oxygens (including phenoxy) is 3. The van der Waals surface area contributed by atoms with Crippen LogP contribution in [0.3, 0.4) is 0 Å². The van der Waals surface area contributed by atoms with E-state index in [1.807, 2.05) is 0 Å². The van der Waals surface area contributed by atoms with Gasteiger partial charge in [0, 0.05) is 20.8 Å². The Morgan fingerprint density at radius 2 is 1.77 bits per heavy atom. The smallest absolute Gasteiger partial charge is 0.180 e.